The van der Waals surface area contributed by atoms with Gasteiger partial charge >= 0.3 is 5.97 Å². The van der Waals surface area contributed by atoms with Gasteiger partial charge in [-0.15, -0.1) is 11.3 Å². The summed E-state index contributed by atoms with van der Waals surface area (Å²) in [7, 11) is -3.58. The summed E-state index contributed by atoms with van der Waals surface area (Å²) in [5.41, 5.74) is 3.34. The van der Waals surface area contributed by atoms with Crippen molar-refractivity contribution >= 4 is 50.3 Å². The number of carbonyl (C=O) groups excluding carboxylic acids is 2. The molecule has 1 amide bonds. The molecule has 0 aliphatic carbocycles. The van der Waals surface area contributed by atoms with E-state index in [1.807, 2.05) is 32.0 Å². The molecule has 0 fully saturated rings. The van der Waals surface area contributed by atoms with E-state index < -0.39 is 15.8 Å². The molecule has 7 nitrogen and oxygen atoms in total. The van der Waals surface area contributed by atoms with E-state index in [0.29, 0.717) is 10.7 Å². The molecule has 3 rings (SSSR count). The van der Waals surface area contributed by atoms with Crippen LogP contribution >= 0.6 is 22.9 Å². The van der Waals surface area contributed by atoms with Gasteiger partial charge in [0, 0.05) is 17.3 Å². The minimum atomic E-state index is -3.58. The zero-order valence-corrected chi connectivity index (χ0v) is 20.0. The summed E-state index contributed by atoms with van der Waals surface area (Å²) in [4.78, 5) is 28.9. The smallest absolute Gasteiger partial charge is 0.338 e. The Labute approximate surface area is 195 Å². The molecule has 2 aromatic carbocycles. The summed E-state index contributed by atoms with van der Waals surface area (Å²) in [6, 6.07) is 9.75. The number of halogens is 1. The maximum atomic E-state index is 12.4. The summed E-state index contributed by atoms with van der Waals surface area (Å²) < 4.78 is 28.8. The molecule has 0 saturated heterocycles. The largest absolute Gasteiger partial charge is 0.456 e. The summed E-state index contributed by atoms with van der Waals surface area (Å²) >= 11 is 7.19. The number of ether oxygens (including phenoxy) is 1. The number of aromatic nitrogens is 1. The van der Waals surface area contributed by atoms with Crippen LogP contribution in [-0.4, -0.2) is 31.5 Å². The number of thiazole rings is 1. The minimum absolute atomic E-state index is 0.0346. The third-order valence-corrected chi connectivity index (χ3v) is 6.97. The van der Waals surface area contributed by atoms with Gasteiger partial charge in [-0.2, -0.15) is 0 Å². The molecule has 168 valence electrons. The number of hydrogen-bond acceptors (Lipinski definition) is 7. The first-order chi connectivity index (χ1) is 15.0. The quantitative estimate of drug-likeness (QED) is 0.492. The van der Waals surface area contributed by atoms with E-state index in [4.69, 9.17) is 16.3 Å². The zero-order chi connectivity index (χ0) is 23.5. The Morgan fingerprint density at radius 3 is 2.62 bits per heavy atom. The van der Waals surface area contributed by atoms with E-state index in [1.165, 1.54) is 29.5 Å². The Kier molecular flexibility index (Phi) is 7.33. The molecule has 0 aliphatic heterocycles. The Morgan fingerprint density at radius 1 is 1.16 bits per heavy atom. The third-order valence-electron chi connectivity index (χ3n) is 4.50. The Hall–Kier alpha value is -2.75. The van der Waals surface area contributed by atoms with Gasteiger partial charge in [-0.25, -0.2) is 18.2 Å². The molecule has 0 spiro atoms. The molecule has 0 atom stereocenters. The second-order valence-corrected chi connectivity index (χ2v) is 10.6. The number of nitrogens with one attached hydrogen (secondary N) is 1. The van der Waals surface area contributed by atoms with Crippen molar-refractivity contribution in [1.82, 2.24) is 4.98 Å². The number of nitrogens with zero attached hydrogens (tertiary/aromatic N) is 1. The topological polar surface area (TPSA) is 102 Å². The van der Waals surface area contributed by atoms with Crippen LogP contribution in [0.1, 0.15) is 32.2 Å². The lowest BCUT2D eigenvalue weighted by Gasteiger charge is -2.08. The van der Waals surface area contributed by atoms with Crippen molar-refractivity contribution in [2.24, 2.45) is 0 Å². The summed E-state index contributed by atoms with van der Waals surface area (Å²) in [6.45, 7) is 3.77. The maximum Gasteiger partial charge on any atom is 0.338 e. The molecule has 1 aromatic heterocycles. The van der Waals surface area contributed by atoms with Gasteiger partial charge in [0.05, 0.1) is 27.6 Å². The number of benzene rings is 2. The van der Waals surface area contributed by atoms with Crippen molar-refractivity contribution in [3.63, 3.8) is 0 Å². The van der Waals surface area contributed by atoms with Crippen molar-refractivity contribution in [3.05, 3.63) is 74.2 Å². The molecule has 32 heavy (non-hydrogen) atoms. The molecule has 3 aromatic rings. The molecule has 0 bridgehead atoms. The fourth-order valence-corrected chi connectivity index (χ4v) is 4.91. The first kappa shape index (κ1) is 23.9. The van der Waals surface area contributed by atoms with Gasteiger partial charge in [-0.05, 0) is 49.2 Å². The van der Waals surface area contributed by atoms with Crippen molar-refractivity contribution in [2.45, 2.75) is 31.8 Å². The number of rotatable bonds is 7. The lowest BCUT2D eigenvalue weighted by atomic mass is 10.1. The van der Waals surface area contributed by atoms with E-state index in [9.17, 15) is 18.0 Å². The van der Waals surface area contributed by atoms with E-state index in [2.05, 4.69) is 10.3 Å². The average molecular weight is 493 g/mol. The number of amides is 1. The lowest BCUT2D eigenvalue weighted by Crippen LogP contribution is -2.15. The van der Waals surface area contributed by atoms with Gasteiger partial charge in [0.15, 0.2) is 9.84 Å². The Bertz CT molecular complexity index is 1290. The number of anilines is 1. The van der Waals surface area contributed by atoms with Crippen molar-refractivity contribution in [3.8, 4) is 0 Å². The SMILES string of the molecule is Cc1ccc(C)c(NC(=O)Cc2nc(COC(=O)c3ccc(Cl)c(S(C)(=O)=O)c3)cs2)c1. The van der Waals surface area contributed by atoms with Crippen LogP contribution < -0.4 is 5.32 Å². The number of sulfone groups is 1. The Balaban J connectivity index is 1.59. The highest BCUT2D eigenvalue weighted by Gasteiger charge is 2.17. The number of carbonyl (C=O) groups is 2. The predicted octanol–water partition coefficient (Wildman–Crippen LogP) is 4.36. The molecule has 1 N–H and O–H groups in total. The molecule has 0 radical (unpaired) electrons. The number of aryl methyl sites for hydroxylation is 2. The summed E-state index contributed by atoms with van der Waals surface area (Å²) in [5, 5.41) is 5.21. The summed E-state index contributed by atoms with van der Waals surface area (Å²) in [6.07, 6.45) is 1.11. The van der Waals surface area contributed by atoms with Crippen LogP contribution in [0, 0.1) is 13.8 Å². The van der Waals surface area contributed by atoms with Crippen molar-refractivity contribution in [2.75, 3.05) is 11.6 Å². The maximum absolute atomic E-state index is 12.4. The van der Waals surface area contributed by atoms with E-state index >= 15 is 0 Å². The zero-order valence-electron chi connectivity index (χ0n) is 17.6. The van der Waals surface area contributed by atoms with Crippen LogP contribution in [0.2, 0.25) is 5.02 Å². The standard InChI is InChI=1S/C22H21ClN2O5S2/c1-13-4-5-14(2)18(8-13)25-20(26)10-21-24-16(12-31-21)11-30-22(27)15-6-7-17(23)19(9-15)32(3,28)29/h4-9,12H,10-11H2,1-3H3,(H,25,26). The molecular formula is C22H21ClN2O5S2. The van der Waals surface area contributed by atoms with Crippen molar-refractivity contribution < 1.29 is 22.7 Å². The van der Waals surface area contributed by atoms with Gasteiger partial charge < -0.3 is 10.1 Å². The van der Waals surface area contributed by atoms with Crippen LogP contribution in [0.15, 0.2) is 46.7 Å². The van der Waals surface area contributed by atoms with Gasteiger partial charge in [-0.3, -0.25) is 4.79 Å². The number of hydrogen-bond donors (Lipinski definition) is 1. The lowest BCUT2D eigenvalue weighted by molar-refractivity contribution is -0.115. The van der Waals surface area contributed by atoms with Gasteiger partial charge in [0.2, 0.25) is 5.91 Å². The van der Waals surface area contributed by atoms with Gasteiger partial charge in [-0.1, -0.05) is 23.7 Å². The third kappa shape index (κ3) is 6.15. The first-order valence-electron chi connectivity index (χ1n) is 9.50. The van der Waals surface area contributed by atoms with Crippen LogP contribution in [0.3, 0.4) is 0 Å². The highest BCUT2D eigenvalue weighted by Crippen LogP contribution is 2.23. The second kappa shape index (κ2) is 9.81. The van der Waals surface area contributed by atoms with Crippen LogP contribution in [-0.2, 0) is 32.4 Å². The molecular weight excluding hydrogens is 472 g/mol. The highest BCUT2D eigenvalue weighted by molar-refractivity contribution is 7.90. The first-order valence-corrected chi connectivity index (χ1v) is 12.6. The fourth-order valence-electron chi connectivity index (χ4n) is 2.84. The molecule has 0 unspecified atom stereocenters. The van der Waals surface area contributed by atoms with Crippen LogP contribution in [0.5, 0.6) is 0 Å². The summed E-state index contributed by atoms with van der Waals surface area (Å²) in [5.74, 6) is -0.889. The minimum Gasteiger partial charge on any atom is -0.456 e. The average Bonchev–Trinajstić information content (AvgIpc) is 3.15. The monoisotopic (exact) mass is 492 g/mol. The number of esters is 1. The highest BCUT2D eigenvalue weighted by atomic mass is 35.5. The van der Waals surface area contributed by atoms with Crippen LogP contribution in [0.25, 0.3) is 0 Å². The van der Waals surface area contributed by atoms with E-state index in [0.717, 1.165) is 23.1 Å². The van der Waals surface area contributed by atoms with Crippen molar-refractivity contribution in [1.29, 1.82) is 0 Å². The molecule has 0 saturated carbocycles. The normalized spacial score (nSPS) is 11.2. The molecule has 10 heteroatoms. The van der Waals surface area contributed by atoms with Gasteiger partial charge in [0.1, 0.15) is 11.6 Å². The van der Waals surface area contributed by atoms with E-state index in [1.54, 1.807) is 5.38 Å². The van der Waals surface area contributed by atoms with Crippen LogP contribution in [0.4, 0.5) is 5.69 Å². The fraction of sp³-hybridized carbons (Fsp3) is 0.227. The predicted molar refractivity (Wildman–Crippen MR) is 124 cm³/mol. The van der Waals surface area contributed by atoms with E-state index in [-0.39, 0.29) is 34.4 Å². The molecule has 1 heterocycles. The second-order valence-electron chi connectivity index (χ2n) is 7.27. The Morgan fingerprint density at radius 2 is 1.91 bits per heavy atom. The molecule has 0 aliphatic rings. The van der Waals surface area contributed by atoms with Gasteiger partial charge in [0.25, 0.3) is 0 Å².